The third kappa shape index (κ3) is 13.7. The summed E-state index contributed by atoms with van der Waals surface area (Å²) in [5, 5.41) is 6.43. The molecule has 14 heteroatoms. The lowest BCUT2D eigenvalue weighted by Crippen LogP contribution is -2.40. The fourth-order valence-electron chi connectivity index (χ4n) is 2.65. The lowest BCUT2D eigenvalue weighted by molar-refractivity contribution is -0.119. The van der Waals surface area contributed by atoms with Crippen LogP contribution in [0, 0.1) is 11.8 Å². The molecule has 2 aromatic heterocycles. The zero-order chi connectivity index (χ0) is 31.3. The van der Waals surface area contributed by atoms with Gasteiger partial charge in [-0.15, -0.1) is 0 Å². The monoisotopic (exact) mass is 673 g/mol. The summed E-state index contributed by atoms with van der Waals surface area (Å²) in [4.78, 5) is 69.5. The quantitative estimate of drug-likeness (QED) is 0.198. The number of rotatable bonds is 12. The number of aromatic nitrogens is 2. The minimum atomic E-state index is -0.622. The molecule has 0 aliphatic carbocycles. The van der Waals surface area contributed by atoms with E-state index < -0.39 is 11.7 Å². The highest BCUT2D eigenvalue weighted by atomic mass is 79.9. The van der Waals surface area contributed by atoms with Crippen molar-refractivity contribution in [3.05, 3.63) is 22.1 Å². The van der Waals surface area contributed by atoms with Gasteiger partial charge in [-0.05, 0) is 27.2 Å². The van der Waals surface area contributed by atoms with Crippen LogP contribution in [0.4, 0.5) is 15.1 Å². The summed E-state index contributed by atoms with van der Waals surface area (Å²) in [5.74, 6) is -0.773. The summed E-state index contributed by atoms with van der Waals surface area (Å²) in [6.07, 6.45) is 4.09. The number of nitrogens with one attached hydrogen (secondary N) is 2. The molecule has 228 valence electrons. The van der Waals surface area contributed by atoms with Crippen LogP contribution in [-0.4, -0.2) is 68.4 Å². The number of carbonyl (C=O) groups is 5. The van der Waals surface area contributed by atoms with Crippen LogP contribution >= 0.6 is 38.6 Å². The van der Waals surface area contributed by atoms with Gasteiger partial charge in [0.25, 0.3) is 0 Å². The van der Waals surface area contributed by atoms with Crippen molar-refractivity contribution < 1.29 is 28.7 Å². The molecular formula is C27H40BrN5O6S2. The minimum absolute atomic E-state index is 0.0301. The largest absolute Gasteiger partial charge is 0.444 e. The molecule has 0 aliphatic rings. The number of thiazole rings is 2. The van der Waals surface area contributed by atoms with Gasteiger partial charge in [0.05, 0.1) is 34.0 Å². The van der Waals surface area contributed by atoms with Gasteiger partial charge >= 0.3 is 6.09 Å². The predicted octanol–water partition coefficient (Wildman–Crippen LogP) is 6.27. The molecule has 2 aromatic rings. The summed E-state index contributed by atoms with van der Waals surface area (Å²) >= 11 is 5.37. The molecule has 0 radical (unpaired) electrons. The molecule has 0 atom stereocenters. The number of anilines is 2. The zero-order valence-electron chi connectivity index (χ0n) is 24.8. The highest BCUT2D eigenvalue weighted by Gasteiger charge is 2.25. The summed E-state index contributed by atoms with van der Waals surface area (Å²) in [7, 11) is 0. The number of carbonyl (C=O) groups excluding carboxylic acids is 5. The Labute approximate surface area is 258 Å². The second-order valence-corrected chi connectivity index (χ2v) is 13.2. The molecule has 2 N–H and O–H groups in total. The fraction of sp³-hybridized carbons (Fsp3) is 0.593. The van der Waals surface area contributed by atoms with Crippen LogP contribution in [0.2, 0.25) is 0 Å². The highest BCUT2D eigenvalue weighted by molar-refractivity contribution is 9.09. The third-order valence-corrected chi connectivity index (χ3v) is 7.38. The van der Waals surface area contributed by atoms with Gasteiger partial charge in [0, 0.05) is 18.4 Å². The topological polar surface area (TPSA) is 148 Å². The van der Waals surface area contributed by atoms with Crippen molar-refractivity contribution in [2.75, 3.05) is 29.1 Å². The van der Waals surface area contributed by atoms with Gasteiger partial charge in [0.2, 0.25) is 11.8 Å². The Morgan fingerprint density at radius 3 is 1.76 bits per heavy atom. The van der Waals surface area contributed by atoms with Crippen LogP contribution in [0.1, 0.15) is 87.6 Å². The molecule has 2 rings (SSSR count). The van der Waals surface area contributed by atoms with Crippen LogP contribution in [-0.2, 0) is 14.3 Å². The van der Waals surface area contributed by atoms with Crippen molar-refractivity contribution in [3.63, 3.8) is 0 Å². The van der Waals surface area contributed by atoms with Crippen molar-refractivity contribution in [1.82, 2.24) is 14.9 Å². The first-order valence-electron chi connectivity index (χ1n) is 13.2. The zero-order valence-corrected chi connectivity index (χ0v) is 28.0. The lowest BCUT2D eigenvalue weighted by Gasteiger charge is -2.26. The van der Waals surface area contributed by atoms with Gasteiger partial charge in [0.15, 0.2) is 21.8 Å². The Balaban J connectivity index is 0.000000474. The standard InChI is InChI=1S/C18H29N3O4S.C9H11BrN2O2S/c1-7-8-9-21(17(24)25-18(4,5)6)11-13(22)14-10-19-16(26-14)20-15(23)12(2)3;1-5(2)8(14)12-9-11-4-7(15-9)6(13)3-10/h10,12H,7-9,11H2,1-6H3,(H,19,20,23);4-5H,3H2,1-2H3,(H,11,12,14). The number of Topliss-reactive ketones (excluding diaryl/α,β-unsaturated/α-hetero) is 2. The molecule has 11 nitrogen and oxygen atoms in total. The number of unbranched alkanes of at least 4 members (excludes halogenated alkanes) is 1. The van der Waals surface area contributed by atoms with E-state index in [1.165, 1.54) is 28.6 Å². The summed E-state index contributed by atoms with van der Waals surface area (Å²) < 4.78 is 5.38. The number of hydrogen-bond acceptors (Lipinski definition) is 10. The Morgan fingerprint density at radius 2 is 1.37 bits per heavy atom. The van der Waals surface area contributed by atoms with Crippen LogP contribution in [0.5, 0.6) is 0 Å². The van der Waals surface area contributed by atoms with E-state index in [4.69, 9.17) is 4.74 Å². The van der Waals surface area contributed by atoms with Gasteiger partial charge < -0.3 is 20.3 Å². The molecule has 0 bridgehead atoms. The smallest absolute Gasteiger partial charge is 0.410 e. The van der Waals surface area contributed by atoms with Crippen LogP contribution in [0.3, 0.4) is 0 Å². The SMILES string of the molecule is CC(C)C(=O)Nc1ncc(C(=O)CBr)s1.CCCCN(CC(=O)c1cnc(NC(=O)C(C)C)s1)C(=O)OC(C)(C)C. The molecule has 3 amide bonds. The normalized spacial score (nSPS) is 11.0. The Morgan fingerprint density at radius 1 is 0.902 bits per heavy atom. The Bertz CT molecular complexity index is 1190. The number of halogens is 1. The summed E-state index contributed by atoms with van der Waals surface area (Å²) in [5.41, 5.74) is -0.622. The second kappa shape index (κ2) is 17.3. The van der Waals surface area contributed by atoms with E-state index in [-0.39, 0.29) is 47.1 Å². The van der Waals surface area contributed by atoms with Crippen molar-refractivity contribution in [1.29, 1.82) is 0 Å². The van der Waals surface area contributed by atoms with Crippen LogP contribution in [0.25, 0.3) is 0 Å². The average Bonchev–Trinajstić information content (AvgIpc) is 3.55. The Kier molecular flexibility index (Phi) is 15.3. The van der Waals surface area contributed by atoms with Crippen molar-refractivity contribution >= 4 is 78.3 Å². The van der Waals surface area contributed by atoms with Crippen LogP contribution in [0.15, 0.2) is 12.4 Å². The molecule has 0 aliphatic heterocycles. The van der Waals surface area contributed by atoms with E-state index in [0.717, 1.165) is 24.2 Å². The number of amides is 3. The van der Waals surface area contributed by atoms with Gasteiger partial charge in [0.1, 0.15) is 5.60 Å². The van der Waals surface area contributed by atoms with E-state index in [0.29, 0.717) is 26.6 Å². The first kappa shape index (κ1) is 36.3. The minimum Gasteiger partial charge on any atom is -0.444 e. The maximum Gasteiger partial charge on any atom is 0.410 e. The van der Waals surface area contributed by atoms with Gasteiger partial charge in [-0.3, -0.25) is 19.2 Å². The molecule has 41 heavy (non-hydrogen) atoms. The number of hydrogen-bond donors (Lipinski definition) is 2. The van der Waals surface area contributed by atoms with E-state index in [1.54, 1.807) is 48.5 Å². The lowest BCUT2D eigenvalue weighted by atomic mass is 10.2. The maximum atomic E-state index is 12.5. The fourth-order valence-corrected chi connectivity index (χ4v) is 4.64. The number of ether oxygens (including phenoxy) is 1. The van der Waals surface area contributed by atoms with Crippen molar-refractivity contribution in [2.24, 2.45) is 11.8 Å². The summed E-state index contributed by atoms with van der Waals surface area (Å²) in [6, 6.07) is 0. The first-order valence-corrected chi connectivity index (χ1v) is 16.0. The number of ketones is 2. The van der Waals surface area contributed by atoms with E-state index in [2.05, 4.69) is 36.5 Å². The van der Waals surface area contributed by atoms with Gasteiger partial charge in [-0.25, -0.2) is 14.8 Å². The van der Waals surface area contributed by atoms with E-state index in [9.17, 15) is 24.0 Å². The van der Waals surface area contributed by atoms with Crippen molar-refractivity contribution in [3.8, 4) is 0 Å². The molecule has 0 aromatic carbocycles. The maximum absolute atomic E-state index is 12.5. The van der Waals surface area contributed by atoms with Gasteiger partial charge in [-0.1, -0.05) is 79.6 Å². The van der Waals surface area contributed by atoms with Gasteiger partial charge in [-0.2, -0.15) is 0 Å². The van der Waals surface area contributed by atoms with E-state index >= 15 is 0 Å². The summed E-state index contributed by atoms with van der Waals surface area (Å²) in [6.45, 7) is 14.9. The molecule has 0 fully saturated rings. The first-order chi connectivity index (χ1) is 19.1. The number of alkyl halides is 1. The second-order valence-electron chi connectivity index (χ2n) is 10.6. The number of nitrogens with zero attached hydrogens (tertiary/aromatic N) is 3. The van der Waals surface area contributed by atoms with Crippen molar-refractivity contribution in [2.45, 2.75) is 73.8 Å². The van der Waals surface area contributed by atoms with E-state index in [1.807, 2.05) is 6.92 Å². The molecule has 0 spiro atoms. The molecule has 0 saturated carbocycles. The molecule has 0 saturated heterocycles. The van der Waals surface area contributed by atoms with Crippen LogP contribution < -0.4 is 10.6 Å². The highest BCUT2D eigenvalue weighted by Crippen LogP contribution is 2.21. The predicted molar refractivity (Wildman–Crippen MR) is 166 cm³/mol. The molecule has 0 unspecified atom stereocenters. The molecular weight excluding hydrogens is 634 g/mol. The molecule has 2 heterocycles. The third-order valence-electron chi connectivity index (χ3n) is 4.96. The Hall–Kier alpha value is -2.71. The average molecular weight is 675 g/mol.